The maximum atomic E-state index is 5.93. The minimum atomic E-state index is 0.636. The first-order valence-electron chi connectivity index (χ1n) is 7.68. The average molecular weight is 376 g/mol. The van der Waals surface area contributed by atoms with Crippen LogP contribution in [0.4, 0.5) is 0 Å². The third-order valence-electron chi connectivity index (χ3n) is 3.79. The Morgan fingerprint density at radius 3 is 2.46 bits per heavy atom. The molecule has 0 spiro atoms. The normalized spacial score (nSPS) is 11.4. The molecule has 2 nitrogen and oxygen atoms in total. The van der Waals surface area contributed by atoms with Gasteiger partial charge in [0.05, 0.1) is 0 Å². The Morgan fingerprint density at radius 2 is 1.62 bits per heavy atom. The number of para-hydroxylation sites is 2. The summed E-state index contributed by atoms with van der Waals surface area (Å²) >= 11 is 3.54. The number of rotatable bonds is 3. The summed E-state index contributed by atoms with van der Waals surface area (Å²) in [4.78, 5) is 4.61. The Hall–Kier alpha value is -2.65. The zero-order valence-corrected chi connectivity index (χ0v) is 14.4. The summed E-state index contributed by atoms with van der Waals surface area (Å²) in [5, 5.41) is 0. The summed E-state index contributed by atoms with van der Waals surface area (Å²) in [6, 6.07) is 24.1. The molecule has 1 aromatic heterocycles. The quantitative estimate of drug-likeness (QED) is 0.385. The van der Waals surface area contributed by atoms with E-state index in [2.05, 4.69) is 51.3 Å². The molecule has 116 valence electrons. The molecule has 0 aliphatic carbocycles. The molecular formula is C21H14BrNO. The van der Waals surface area contributed by atoms with Gasteiger partial charge in [0.1, 0.15) is 5.52 Å². The molecule has 0 bridgehead atoms. The van der Waals surface area contributed by atoms with E-state index in [9.17, 15) is 0 Å². The number of oxazole rings is 1. The lowest BCUT2D eigenvalue weighted by Gasteiger charge is -2.03. The topological polar surface area (TPSA) is 26.0 Å². The van der Waals surface area contributed by atoms with Crippen molar-refractivity contribution in [1.29, 1.82) is 0 Å². The van der Waals surface area contributed by atoms with Gasteiger partial charge in [-0.05, 0) is 41.5 Å². The van der Waals surface area contributed by atoms with Crippen molar-refractivity contribution in [3.05, 3.63) is 88.4 Å². The highest BCUT2D eigenvalue weighted by molar-refractivity contribution is 9.10. The van der Waals surface area contributed by atoms with E-state index in [0.29, 0.717) is 5.89 Å². The average Bonchev–Trinajstić information content (AvgIpc) is 3.05. The van der Waals surface area contributed by atoms with Crippen LogP contribution >= 0.6 is 15.9 Å². The van der Waals surface area contributed by atoms with Crippen LogP contribution in [0.15, 0.2) is 81.7 Å². The lowest BCUT2D eigenvalue weighted by Crippen LogP contribution is -1.84. The zero-order valence-electron chi connectivity index (χ0n) is 12.8. The SMILES string of the molecule is Brc1ccc(-c2nc3ccccc3o2)c(C=Cc2ccccc2)c1. The third-order valence-corrected chi connectivity index (χ3v) is 4.29. The number of benzene rings is 3. The van der Waals surface area contributed by atoms with E-state index in [1.165, 1.54) is 0 Å². The smallest absolute Gasteiger partial charge is 0.227 e. The highest BCUT2D eigenvalue weighted by Gasteiger charge is 2.11. The van der Waals surface area contributed by atoms with Crippen molar-refractivity contribution in [2.75, 3.05) is 0 Å². The molecule has 0 radical (unpaired) electrons. The van der Waals surface area contributed by atoms with Gasteiger partial charge in [0.25, 0.3) is 0 Å². The third kappa shape index (κ3) is 3.03. The number of halogens is 1. The van der Waals surface area contributed by atoms with E-state index in [4.69, 9.17) is 4.42 Å². The Bertz CT molecular complexity index is 985. The summed E-state index contributed by atoms with van der Waals surface area (Å²) in [6.45, 7) is 0. The van der Waals surface area contributed by atoms with Crippen molar-refractivity contribution >= 4 is 39.2 Å². The molecule has 0 amide bonds. The Kier molecular flexibility index (Phi) is 4.01. The van der Waals surface area contributed by atoms with E-state index in [1.54, 1.807) is 0 Å². The second-order valence-corrected chi connectivity index (χ2v) is 6.38. The van der Waals surface area contributed by atoms with E-state index in [1.807, 2.05) is 54.6 Å². The molecule has 24 heavy (non-hydrogen) atoms. The highest BCUT2D eigenvalue weighted by atomic mass is 79.9. The minimum Gasteiger partial charge on any atom is -0.436 e. The van der Waals surface area contributed by atoms with Gasteiger partial charge in [-0.2, -0.15) is 0 Å². The van der Waals surface area contributed by atoms with Gasteiger partial charge in [0, 0.05) is 10.0 Å². The van der Waals surface area contributed by atoms with Crippen molar-refractivity contribution in [2.45, 2.75) is 0 Å². The van der Waals surface area contributed by atoms with Gasteiger partial charge >= 0.3 is 0 Å². The second-order valence-electron chi connectivity index (χ2n) is 5.46. The Morgan fingerprint density at radius 1 is 0.833 bits per heavy atom. The standard InChI is InChI=1S/C21H14BrNO/c22-17-12-13-18(21-23-19-8-4-5-9-20(19)24-21)16(14-17)11-10-15-6-2-1-3-7-15/h1-14H. The summed E-state index contributed by atoms with van der Waals surface area (Å²) in [5.74, 6) is 0.636. The minimum absolute atomic E-state index is 0.636. The first-order valence-corrected chi connectivity index (χ1v) is 8.47. The Balaban J connectivity index is 1.79. The number of hydrogen-bond acceptors (Lipinski definition) is 2. The van der Waals surface area contributed by atoms with Crippen molar-refractivity contribution in [3.8, 4) is 11.5 Å². The van der Waals surface area contributed by atoms with Gasteiger partial charge in [-0.15, -0.1) is 0 Å². The van der Waals surface area contributed by atoms with Gasteiger partial charge < -0.3 is 4.42 Å². The molecule has 1 heterocycles. The van der Waals surface area contributed by atoms with Crippen molar-refractivity contribution in [1.82, 2.24) is 4.98 Å². The summed E-state index contributed by atoms with van der Waals surface area (Å²) in [5.41, 5.74) is 4.85. The van der Waals surface area contributed by atoms with Crippen LogP contribution in [-0.4, -0.2) is 4.98 Å². The van der Waals surface area contributed by atoms with Gasteiger partial charge in [0.15, 0.2) is 5.58 Å². The summed E-state index contributed by atoms with van der Waals surface area (Å²) in [7, 11) is 0. The van der Waals surface area contributed by atoms with Crippen LogP contribution in [0.1, 0.15) is 11.1 Å². The number of hydrogen-bond donors (Lipinski definition) is 0. The van der Waals surface area contributed by atoms with E-state index >= 15 is 0 Å². The molecule has 3 aromatic carbocycles. The van der Waals surface area contributed by atoms with Crippen molar-refractivity contribution < 1.29 is 4.42 Å². The van der Waals surface area contributed by atoms with E-state index in [-0.39, 0.29) is 0 Å². The molecule has 0 fully saturated rings. The van der Waals surface area contributed by atoms with Crippen LogP contribution in [0.25, 0.3) is 34.7 Å². The summed E-state index contributed by atoms with van der Waals surface area (Å²) < 4.78 is 6.95. The lowest BCUT2D eigenvalue weighted by atomic mass is 10.1. The fraction of sp³-hybridized carbons (Fsp3) is 0. The largest absolute Gasteiger partial charge is 0.436 e. The fourth-order valence-electron chi connectivity index (χ4n) is 2.60. The number of fused-ring (bicyclic) bond motifs is 1. The molecule has 3 heteroatoms. The van der Waals surface area contributed by atoms with Crippen LogP contribution in [-0.2, 0) is 0 Å². The Labute approximate surface area is 148 Å². The first-order chi connectivity index (χ1) is 11.8. The van der Waals surface area contributed by atoms with Crippen LogP contribution in [0.2, 0.25) is 0 Å². The van der Waals surface area contributed by atoms with Crippen molar-refractivity contribution in [2.24, 2.45) is 0 Å². The second kappa shape index (κ2) is 6.46. The monoisotopic (exact) mass is 375 g/mol. The summed E-state index contributed by atoms with van der Waals surface area (Å²) in [6.07, 6.45) is 4.18. The molecule has 4 aromatic rings. The molecule has 4 rings (SSSR count). The highest BCUT2D eigenvalue weighted by Crippen LogP contribution is 2.30. The van der Waals surface area contributed by atoms with Gasteiger partial charge in [-0.1, -0.05) is 70.5 Å². The fourth-order valence-corrected chi connectivity index (χ4v) is 2.98. The molecule has 0 unspecified atom stereocenters. The van der Waals surface area contributed by atoms with Crippen LogP contribution in [0.3, 0.4) is 0 Å². The van der Waals surface area contributed by atoms with Gasteiger partial charge in [-0.3, -0.25) is 0 Å². The van der Waals surface area contributed by atoms with E-state index < -0.39 is 0 Å². The maximum absolute atomic E-state index is 5.93. The van der Waals surface area contributed by atoms with E-state index in [0.717, 1.165) is 32.3 Å². The van der Waals surface area contributed by atoms with Crippen molar-refractivity contribution in [3.63, 3.8) is 0 Å². The lowest BCUT2D eigenvalue weighted by molar-refractivity contribution is 0.619. The molecule has 0 atom stereocenters. The molecule has 0 N–H and O–H groups in total. The van der Waals surface area contributed by atoms with Crippen LogP contribution in [0.5, 0.6) is 0 Å². The predicted molar refractivity (Wildman–Crippen MR) is 103 cm³/mol. The van der Waals surface area contributed by atoms with Crippen LogP contribution < -0.4 is 0 Å². The zero-order chi connectivity index (χ0) is 16.4. The number of aromatic nitrogens is 1. The molecule has 0 saturated heterocycles. The maximum Gasteiger partial charge on any atom is 0.227 e. The molecule has 0 saturated carbocycles. The molecule has 0 aliphatic rings. The van der Waals surface area contributed by atoms with Crippen LogP contribution in [0, 0.1) is 0 Å². The number of nitrogens with zero attached hydrogens (tertiary/aromatic N) is 1. The van der Waals surface area contributed by atoms with Gasteiger partial charge in [0.2, 0.25) is 5.89 Å². The molecular weight excluding hydrogens is 362 g/mol. The first kappa shape index (κ1) is 14.9. The molecule has 0 aliphatic heterocycles. The van der Waals surface area contributed by atoms with Gasteiger partial charge in [-0.25, -0.2) is 4.98 Å². The predicted octanol–water partition coefficient (Wildman–Crippen LogP) is 6.43.